The van der Waals surface area contributed by atoms with Gasteiger partial charge in [-0.2, -0.15) is 4.98 Å². The molecule has 0 bridgehead atoms. The molecule has 0 spiro atoms. The lowest BCUT2D eigenvalue weighted by atomic mass is 10.3. The van der Waals surface area contributed by atoms with Gasteiger partial charge in [-0.3, -0.25) is 0 Å². The van der Waals surface area contributed by atoms with Gasteiger partial charge >= 0.3 is 5.69 Å². The van der Waals surface area contributed by atoms with Crippen LogP contribution in [0.25, 0.3) is 0 Å². The summed E-state index contributed by atoms with van der Waals surface area (Å²) in [6.07, 6.45) is 2.87. The molecule has 0 aliphatic heterocycles. The average Bonchev–Trinajstić information content (AvgIpc) is 2.25. The van der Waals surface area contributed by atoms with Crippen LogP contribution < -0.4 is 10.4 Å². The molecule has 1 aromatic heterocycles. The van der Waals surface area contributed by atoms with Crippen molar-refractivity contribution in [2.45, 2.75) is 0 Å². The molecule has 0 radical (unpaired) electrons. The van der Waals surface area contributed by atoms with Crippen LogP contribution in [0.5, 0.6) is 11.5 Å². The molecule has 4 nitrogen and oxygen atoms in total. The van der Waals surface area contributed by atoms with Gasteiger partial charge in [0.15, 0.2) is 5.75 Å². The fourth-order valence-corrected chi connectivity index (χ4v) is 1.38. The molecule has 0 aliphatic rings. The van der Waals surface area contributed by atoms with Crippen molar-refractivity contribution in [3.63, 3.8) is 0 Å². The maximum Gasteiger partial charge on any atom is 0.345 e. The molecule has 0 unspecified atom stereocenters. The summed E-state index contributed by atoms with van der Waals surface area (Å²) in [4.78, 5) is 16.7. The van der Waals surface area contributed by atoms with E-state index in [1.165, 1.54) is 12.4 Å². The van der Waals surface area contributed by atoms with Crippen molar-refractivity contribution >= 4 is 22.6 Å². The number of halogens is 1. The molecule has 0 saturated carbocycles. The lowest BCUT2D eigenvalue weighted by molar-refractivity contribution is 0.476. The van der Waals surface area contributed by atoms with E-state index in [4.69, 9.17) is 4.74 Å². The second-order valence-corrected chi connectivity index (χ2v) is 4.06. The normalized spacial score (nSPS) is 9.93. The third-order valence-corrected chi connectivity index (χ3v) is 2.42. The van der Waals surface area contributed by atoms with E-state index < -0.39 is 0 Å². The van der Waals surface area contributed by atoms with Crippen molar-refractivity contribution in [2.24, 2.45) is 0 Å². The molecule has 5 heteroatoms. The predicted molar refractivity (Wildman–Crippen MR) is 64.1 cm³/mol. The van der Waals surface area contributed by atoms with Gasteiger partial charge < -0.3 is 9.72 Å². The summed E-state index contributed by atoms with van der Waals surface area (Å²) < 4.78 is 6.59. The van der Waals surface area contributed by atoms with Crippen LogP contribution in [0.3, 0.4) is 0 Å². The van der Waals surface area contributed by atoms with Gasteiger partial charge in [-0.1, -0.05) is 0 Å². The number of benzene rings is 1. The molecule has 0 aliphatic carbocycles. The Morgan fingerprint density at radius 2 is 1.93 bits per heavy atom. The Kier molecular flexibility index (Phi) is 3.00. The molecular weight excluding hydrogens is 307 g/mol. The fraction of sp³-hybridized carbons (Fsp3) is 0. The van der Waals surface area contributed by atoms with Crippen molar-refractivity contribution in [3.8, 4) is 11.5 Å². The Hall–Kier alpha value is -1.37. The summed E-state index contributed by atoms with van der Waals surface area (Å²) >= 11 is 2.22. The average molecular weight is 314 g/mol. The highest BCUT2D eigenvalue weighted by molar-refractivity contribution is 14.1. The minimum absolute atomic E-state index is 0.384. The standard InChI is InChI=1S/C10H7IN2O2/c11-7-1-3-8(4-2-7)15-9-5-12-10(14)13-6-9/h1-6H,(H,12,13,14). The summed E-state index contributed by atoms with van der Waals surface area (Å²) in [5.41, 5.74) is -0.384. The molecule has 1 heterocycles. The predicted octanol–water partition coefficient (Wildman–Crippen LogP) is 2.17. The Balaban J connectivity index is 2.18. The van der Waals surface area contributed by atoms with Crippen molar-refractivity contribution in [2.75, 3.05) is 0 Å². The molecule has 0 atom stereocenters. The SMILES string of the molecule is O=c1ncc(Oc2ccc(I)cc2)c[nH]1. The third kappa shape index (κ3) is 2.79. The largest absolute Gasteiger partial charge is 0.454 e. The van der Waals surface area contributed by atoms with E-state index in [-0.39, 0.29) is 5.69 Å². The molecule has 15 heavy (non-hydrogen) atoms. The lowest BCUT2D eigenvalue weighted by Gasteiger charge is -2.03. The van der Waals surface area contributed by atoms with Crippen LogP contribution in [-0.4, -0.2) is 9.97 Å². The number of H-pyrrole nitrogens is 1. The zero-order valence-corrected chi connectivity index (χ0v) is 9.76. The van der Waals surface area contributed by atoms with Crippen molar-refractivity contribution in [1.82, 2.24) is 9.97 Å². The molecule has 0 amide bonds. The minimum atomic E-state index is -0.384. The van der Waals surface area contributed by atoms with Gasteiger partial charge in [0.2, 0.25) is 0 Å². The molecule has 1 aromatic carbocycles. The van der Waals surface area contributed by atoms with Crippen LogP contribution >= 0.6 is 22.6 Å². The molecule has 1 N–H and O–H groups in total. The quantitative estimate of drug-likeness (QED) is 0.864. The Morgan fingerprint density at radius 1 is 1.20 bits per heavy atom. The van der Waals surface area contributed by atoms with E-state index in [0.717, 1.165) is 3.57 Å². The maximum absolute atomic E-state index is 10.7. The van der Waals surface area contributed by atoms with Crippen LogP contribution in [0, 0.1) is 3.57 Å². The number of aromatic nitrogens is 2. The van der Waals surface area contributed by atoms with Crippen LogP contribution in [-0.2, 0) is 0 Å². The van der Waals surface area contributed by atoms with Crippen molar-refractivity contribution in [1.29, 1.82) is 0 Å². The molecule has 0 saturated heterocycles. The van der Waals surface area contributed by atoms with Gasteiger partial charge in [0.05, 0.1) is 12.4 Å². The Bertz CT molecular complexity index is 487. The number of nitrogens with one attached hydrogen (secondary N) is 1. The Labute approximate surface area is 99.5 Å². The van der Waals surface area contributed by atoms with Crippen LogP contribution in [0.2, 0.25) is 0 Å². The number of aromatic amines is 1. The molecule has 2 aromatic rings. The van der Waals surface area contributed by atoms with Crippen LogP contribution in [0.15, 0.2) is 41.5 Å². The zero-order valence-electron chi connectivity index (χ0n) is 7.61. The summed E-state index contributed by atoms with van der Waals surface area (Å²) in [6.45, 7) is 0. The topological polar surface area (TPSA) is 55.0 Å². The van der Waals surface area contributed by atoms with Gasteiger partial charge in [0.25, 0.3) is 0 Å². The first kappa shape index (κ1) is 10.2. The highest BCUT2D eigenvalue weighted by Crippen LogP contribution is 2.19. The molecule has 0 fully saturated rings. The molecule has 76 valence electrons. The second-order valence-electron chi connectivity index (χ2n) is 2.81. The summed E-state index contributed by atoms with van der Waals surface area (Å²) in [7, 11) is 0. The first-order chi connectivity index (χ1) is 7.24. The molecular formula is C10H7IN2O2. The van der Waals surface area contributed by atoms with Crippen molar-refractivity contribution in [3.05, 3.63) is 50.7 Å². The minimum Gasteiger partial charge on any atom is -0.454 e. The lowest BCUT2D eigenvalue weighted by Crippen LogP contribution is -2.07. The number of nitrogens with zero attached hydrogens (tertiary/aromatic N) is 1. The van der Waals surface area contributed by atoms with Crippen LogP contribution in [0.4, 0.5) is 0 Å². The fourth-order valence-electron chi connectivity index (χ4n) is 1.02. The number of hydrogen-bond donors (Lipinski definition) is 1. The number of ether oxygens (including phenoxy) is 1. The highest BCUT2D eigenvalue weighted by Gasteiger charge is 1.97. The Morgan fingerprint density at radius 3 is 2.53 bits per heavy atom. The zero-order chi connectivity index (χ0) is 10.7. The molecule has 2 rings (SSSR count). The van der Waals surface area contributed by atoms with E-state index in [9.17, 15) is 4.79 Å². The van der Waals surface area contributed by atoms with E-state index in [1.807, 2.05) is 24.3 Å². The monoisotopic (exact) mass is 314 g/mol. The number of rotatable bonds is 2. The summed E-state index contributed by atoms with van der Waals surface area (Å²) in [6, 6.07) is 7.59. The summed E-state index contributed by atoms with van der Waals surface area (Å²) in [5, 5.41) is 0. The third-order valence-electron chi connectivity index (χ3n) is 1.70. The first-order valence-corrected chi connectivity index (χ1v) is 5.30. The van der Waals surface area contributed by atoms with E-state index >= 15 is 0 Å². The van der Waals surface area contributed by atoms with Crippen LogP contribution in [0.1, 0.15) is 0 Å². The smallest absolute Gasteiger partial charge is 0.345 e. The summed E-state index contributed by atoms with van der Waals surface area (Å²) in [5.74, 6) is 1.22. The van der Waals surface area contributed by atoms with Crippen molar-refractivity contribution < 1.29 is 4.74 Å². The van der Waals surface area contributed by atoms with E-state index in [1.54, 1.807) is 0 Å². The van der Waals surface area contributed by atoms with E-state index in [2.05, 4.69) is 32.6 Å². The van der Waals surface area contributed by atoms with Gasteiger partial charge in [0.1, 0.15) is 5.75 Å². The first-order valence-electron chi connectivity index (χ1n) is 4.22. The maximum atomic E-state index is 10.7. The van der Waals surface area contributed by atoms with Gasteiger partial charge in [-0.15, -0.1) is 0 Å². The van der Waals surface area contributed by atoms with Gasteiger partial charge in [0, 0.05) is 3.57 Å². The highest BCUT2D eigenvalue weighted by atomic mass is 127. The van der Waals surface area contributed by atoms with Gasteiger partial charge in [-0.05, 0) is 46.9 Å². The van der Waals surface area contributed by atoms with Gasteiger partial charge in [-0.25, -0.2) is 4.79 Å². The number of hydrogen-bond acceptors (Lipinski definition) is 3. The second kappa shape index (κ2) is 4.43. The van der Waals surface area contributed by atoms with E-state index in [0.29, 0.717) is 11.5 Å².